The van der Waals surface area contributed by atoms with Crippen LogP contribution >= 0.6 is 11.8 Å². The topological polar surface area (TPSA) is 29.5 Å². The van der Waals surface area contributed by atoms with Crippen LogP contribution in [0.25, 0.3) is 0 Å². The number of aliphatic hydroxyl groups excluding tert-OH is 1. The Balaban J connectivity index is 1.82. The van der Waals surface area contributed by atoms with E-state index in [0.29, 0.717) is 12.4 Å². The highest BCUT2D eigenvalue weighted by atomic mass is 32.2. The molecule has 0 aliphatic carbocycles. The van der Waals surface area contributed by atoms with Crippen LogP contribution in [0.3, 0.4) is 0 Å². The van der Waals surface area contributed by atoms with Crippen LogP contribution in [-0.2, 0) is 4.74 Å². The molecule has 0 aromatic heterocycles. The predicted octanol–water partition coefficient (Wildman–Crippen LogP) is 2.32. The van der Waals surface area contributed by atoms with Crippen molar-refractivity contribution in [1.82, 2.24) is 0 Å². The van der Waals surface area contributed by atoms with E-state index in [9.17, 15) is 9.50 Å². The number of thioether (sulfide) groups is 1. The molecule has 1 aliphatic heterocycles. The van der Waals surface area contributed by atoms with Crippen molar-refractivity contribution in [3.63, 3.8) is 0 Å². The summed E-state index contributed by atoms with van der Waals surface area (Å²) in [5, 5.41) is 9.88. The third kappa shape index (κ3) is 3.20. The zero-order chi connectivity index (χ0) is 11.4. The van der Waals surface area contributed by atoms with E-state index in [1.54, 1.807) is 6.07 Å². The van der Waals surface area contributed by atoms with Crippen LogP contribution in [-0.4, -0.2) is 30.2 Å². The van der Waals surface area contributed by atoms with Crippen LogP contribution in [0.15, 0.2) is 29.2 Å². The molecule has 0 radical (unpaired) electrons. The molecule has 4 heteroatoms. The second kappa shape index (κ2) is 5.66. The highest BCUT2D eigenvalue weighted by Gasteiger charge is 2.23. The largest absolute Gasteiger partial charge is 0.392 e. The minimum atomic E-state index is -0.365. The summed E-state index contributed by atoms with van der Waals surface area (Å²) in [7, 11) is 0. The second-order valence-electron chi connectivity index (χ2n) is 3.96. The first kappa shape index (κ1) is 11.9. The molecular formula is C12H15FO2S. The molecule has 88 valence electrons. The summed E-state index contributed by atoms with van der Waals surface area (Å²) < 4.78 is 18.1. The lowest BCUT2D eigenvalue weighted by atomic mass is 10.0. The summed E-state index contributed by atoms with van der Waals surface area (Å²) in [5.41, 5.74) is 0. The summed E-state index contributed by atoms with van der Waals surface area (Å²) in [6, 6.07) is 6.45. The Morgan fingerprint density at radius 1 is 1.56 bits per heavy atom. The molecule has 1 fully saturated rings. The first-order valence-electron chi connectivity index (χ1n) is 5.40. The molecule has 2 unspecified atom stereocenters. The van der Waals surface area contributed by atoms with Gasteiger partial charge in [0, 0.05) is 23.2 Å². The van der Waals surface area contributed by atoms with Gasteiger partial charge < -0.3 is 9.84 Å². The maximum Gasteiger partial charge on any atom is 0.124 e. The van der Waals surface area contributed by atoms with Crippen molar-refractivity contribution in [3.8, 4) is 0 Å². The number of hydrogen-bond donors (Lipinski definition) is 1. The van der Waals surface area contributed by atoms with E-state index in [0.717, 1.165) is 17.9 Å². The van der Waals surface area contributed by atoms with Gasteiger partial charge in [0.2, 0.25) is 0 Å². The summed E-state index contributed by atoms with van der Waals surface area (Å²) in [5.74, 6) is 0.599. The monoisotopic (exact) mass is 242 g/mol. The van der Waals surface area contributed by atoms with Crippen LogP contribution in [0.1, 0.15) is 6.42 Å². The van der Waals surface area contributed by atoms with E-state index < -0.39 is 0 Å². The second-order valence-corrected chi connectivity index (χ2v) is 5.05. The third-order valence-electron chi connectivity index (χ3n) is 2.73. The molecule has 0 amide bonds. The summed E-state index contributed by atoms with van der Waals surface area (Å²) in [6.45, 7) is 1.39. The van der Waals surface area contributed by atoms with Gasteiger partial charge in [-0.15, -0.1) is 11.8 Å². The van der Waals surface area contributed by atoms with Gasteiger partial charge in [0.25, 0.3) is 0 Å². The van der Waals surface area contributed by atoms with Gasteiger partial charge in [-0.3, -0.25) is 0 Å². The molecular weight excluding hydrogens is 227 g/mol. The van der Waals surface area contributed by atoms with Gasteiger partial charge in [0.1, 0.15) is 5.82 Å². The number of benzene rings is 1. The lowest BCUT2D eigenvalue weighted by Gasteiger charge is -2.15. The molecule has 2 atom stereocenters. The number of rotatable bonds is 4. The van der Waals surface area contributed by atoms with Gasteiger partial charge in [0.15, 0.2) is 0 Å². The smallest absolute Gasteiger partial charge is 0.124 e. The summed E-state index contributed by atoms with van der Waals surface area (Å²) in [6.07, 6.45) is 0.556. The molecule has 1 aliphatic rings. The van der Waals surface area contributed by atoms with E-state index in [1.807, 2.05) is 6.07 Å². The maximum atomic E-state index is 12.9. The van der Waals surface area contributed by atoms with E-state index >= 15 is 0 Å². The lowest BCUT2D eigenvalue weighted by molar-refractivity contribution is 0.109. The first-order valence-corrected chi connectivity index (χ1v) is 6.38. The average Bonchev–Trinajstić information content (AvgIpc) is 2.79. The fourth-order valence-corrected chi connectivity index (χ4v) is 2.74. The Bertz CT molecular complexity index is 340. The van der Waals surface area contributed by atoms with Crippen LogP contribution in [0.2, 0.25) is 0 Å². The fraction of sp³-hybridized carbons (Fsp3) is 0.500. The van der Waals surface area contributed by atoms with Crippen molar-refractivity contribution in [1.29, 1.82) is 0 Å². The third-order valence-corrected chi connectivity index (χ3v) is 3.82. The molecule has 2 nitrogen and oxygen atoms in total. The van der Waals surface area contributed by atoms with Crippen LogP contribution in [0, 0.1) is 11.7 Å². The van der Waals surface area contributed by atoms with Crippen LogP contribution in [0.4, 0.5) is 4.39 Å². The molecule has 0 bridgehead atoms. The van der Waals surface area contributed by atoms with E-state index in [-0.39, 0.29) is 17.8 Å². The van der Waals surface area contributed by atoms with E-state index in [4.69, 9.17) is 4.74 Å². The van der Waals surface area contributed by atoms with Gasteiger partial charge in [0.05, 0.1) is 12.7 Å². The molecule has 1 aromatic rings. The molecule has 2 rings (SSSR count). The van der Waals surface area contributed by atoms with Crippen LogP contribution < -0.4 is 0 Å². The highest BCUT2D eigenvalue weighted by molar-refractivity contribution is 7.99. The van der Waals surface area contributed by atoms with Crippen LogP contribution in [0.5, 0.6) is 0 Å². The van der Waals surface area contributed by atoms with Gasteiger partial charge in [-0.2, -0.15) is 0 Å². The SMILES string of the molecule is OC(CSc1cccc(F)c1)C1CCOC1. The van der Waals surface area contributed by atoms with Gasteiger partial charge in [-0.1, -0.05) is 6.07 Å². The Morgan fingerprint density at radius 3 is 3.12 bits per heavy atom. The molecule has 1 saturated heterocycles. The molecule has 1 aromatic carbocycles. The van der Waals surface area contributed by atoms with E-state index in [2.05, 4.69) is 0 Å². The minimum absolute atomic E-state index is 0.233. The number of hydrogen-bond acceptors (Lipinski definition) is 3. The number of aliphatic hydroxyl groups is 1. The highest BCUT2D eigenvalue weighted by Crippen LogP contribution is 2.24. The molecule has 16 heavy (non-hydrogen) atoms. The minimum Gasteiger partial charge on any atom is -0.392 e. The number of halogens is 1. The van der Waals surface area contributed by atoms with Gasteiger partial charge in [-0.05, 0) is 24.6 Å². The van der Waals surface area contributed by atoms with Crippen molar-refractivity contribution >= 4 is 11.8 Å². The lowest BCUT2D eigenvalue weighted by Crippen LogP contribution is -2.22. The zero-order valence-corrected chi connectivity index (χ0v) is 9.75. The zero-order valence-electron chi connectivity index (χ0n) is 8.93. The predicted molar refractivity (Wildman–Crippen MR) is 62.1 cm³/mol. The van der Waals surface area contributed by atoms with Crippen molar-refractivity contribution in [2.24, 2.45) is 5.92 Å². The molecule has 1 N–H and O–H groups in total. The normalized spacial score (nSPS) is 22.2. The number of ether oxygens (including phenoxy) is 1. The van der Waals surface area contributed by atoms with Crippen molar-refractivity contribution in [2.45, 2.75) is 17.4 Å². The van der Waals surface area contributed by atoms with Gasteiger partial charge in [-0.25, -0.2) is 4.39 Å². The Hall–Kier alpha value is -0.580. The molecule has 0 spiro atoms. The van der Waals surface area contributed by atoms with Crippen molar-refractivity contribution < 1.29 is 14.2 Å². The Labute approximate surface area is 98.8 Å². The summed E-state index contributed by atoms with van der Waals surface area (Å²) in [4.78, 5) is 0.859. The van der Waals surface area contributed by atoms with Crippen molar-refractivity contribution in [2.75, 3.05) is 19.0 Å². The first-order chi connectivity index (χ1) is 7.75. The Kier molecular flexibility index (Phi) is 4.21. The maximum absolute atomic E-state index is 12.9. The van der Waals surface area contributed by atoms with Crippen molar-refractivity contribution in [3.05, 3.63) is 30.1 Å². The Morgan fingerprint density at radius 2 is 2.44 bits per heavy atom. The van der Waals surface area contributed by atoms with E-state index in [1.165, 1.54) is 23.9 Å². The van der Waals surface area contributed by atoms with Gasteiger partial charge >= 0.3 is 0 Å². The summed E-state index contributed by atoms with van der Waals surface area (Å²) >= 11 is 1.48. The standard InChI is InChI=1S/C12H15FO2S/c13-10-2-1-3-11(6-10)16-8-12(14)9-4-5-15-7-9/h1-3,6,9,12,14H,4-5,7-8H2. The fourth-order valence-electron chi connectivity index (χ4n) is 1.73. The molecule has 0 saturated carbocycles. The quantitative estimate of drug-likeness (QED) is 0.822. The molecule has 1 heterocycles. The average molecular weight is 242 g/mol.